The molecule has 0 unspecified atom stereocenters. The first-order chi connectivity index (χ1) is 9.74. The first kappa shape index (κ1) is 15.5. The fourth-order valence-corrected chi connectivity index (χ4v) is 2.09. The predicted molar refractivity (Wildman–Crippen MR) is 73.6 cm³/mol. The lowest BCUT2D eigenvalue weighted by molar-refractivity contribution is -0.0498. The quantitative estimate of drug-likeness (QED) is 0.855. The average molecular weight is 299 g/mol. The smallest absolute Gasteiger partial charge is 0.410 e. The van der Waals surface area contributed by atoms with Gasteiger partial charge in [-0.2, -0.15) is 8.78 Å². The number of alkyl halides is 2. The molecule has 1 aromatic carbocycles. The minimum absolute atomic E-state index is 0.136. The number of halogens is 2. The number of carbonyl (C=O) groups excluding carboxylic acids is 1. The number of likely N-dealkylation sites (tertiary alicyclic amines) is 1. The highest BCUT2D eigenvalue weighted by molar-refractivity contribution is 5.69. The molecule has 1 fully saturated rings. The topological polar surface area (TPSA) is 38.8 Å². The molecule has 0 N–H and O–H groups in total. The van der Waals surface area contributed by atoms with Crippen LogP contribution < -0.4 is 4.74 Å². The van der Waals surface area contributed by atoms with Gasteiger partial charge in [-0.3, -0.25) is 0 Å². The zero-order valence-corrected chi connectivity index (χ0v) is 12.3. The van der Waals surface area contributed by atoms with Crippen molar-refractivity contribution in [3.8, 4) is 5.75 Å². The lowest BCUT2D eigenvalue weighted by atomic mass is 9.92. The maximum absolute atomic E-state index is 12.1. The first-order valence-electron chi connectivity index (χ1n) is 6.77. The Balaban J connectivity index is 1.85. The Labute approximate surface area is 122 Å². The normalized spacial score (nSPS) is 15.8. The van der Waals surface area contributed by atoms with Crippen LogP contribution in [0.1, 0.15) is 32.3 Å². The van der Waals surface area contributed by atoms with Gasteiger partial charge in [0.05, 0.1) is 0 Å². The highest BCUT2D eigenvalue weighted by atomic mass is 19.3. The second-order valence-corrected chi connectivity index (χ2v) is 6.03. The summed E-state index contributed by atoms with van der Waals surface area (Å²) in [4.78, 5) is 13.4. The number of hydrogen-bond donors (Lipinski definition) is 0. The Hall–Kier alpha value is -1.85. The van der Waals surface area contributed by atoms with E-state index < -0.39 is 12.2 Å². The molecule has 6 heteroatoms. The Morgan fingerprint density at radius 3 is 2.29 bits per heavy atom. The number of ether oxygens (including phenoxy) is 2. The molecule has 1 aromatic rings. The highest BCUT2D eigenvalue weighted by Gasteiger charge is 2.34. The largest absolute Gasteiger partial charge is 0.444 e. The molecule has 0 saturated carbocycles. The van der Waals surface area contributed by atoms with Gasteiger partial charge in [0.1, 0.15) is 11.4 Å². The van der Waals surface area contributed by atoms with Gasteiger partial charge in [0, 0.05) is 19.0 Å². The number of carbonyl (C=O) groups is 1. The maximum atomic E-state index is 12.1. The Morgan fingerprint density at radius 2 is 1.81 bits per heavy atom. The number of hydrogen-bond acceptors (Lipinski definition) is 3. The molecule has 2 rings (SSSR count). The van der Waals surface area contributed by atoms with E-state index in [2.05, 4.69) is 4.74 Å². The van der Waals surface area contributed by atoms with Crippen molar-refractivity contribution in [1.82, 2.24) is 4.90 Å². The summed E-state index contributed by atoms with van der Waals surface area (Å²) in [6.07, 6.45) is -0.323. The standard InChI is InChI=1S/C15H19F2NO3/c1-15(2,3)21-14(19)18-8-11(9-18)10-4-6-12(7-5-10)20-13(16)17/h4-7,11,13H,8-9H2,1-3H3. The molecule has 0 aliphatic carbocycles. The third-order valence-electron chi connectivity index (χ3n) is 3.11. The summed E-state index contributed by atoms with van der Waals surface area (Å²) in [7, 11) is 0. The van der Waals surface area contributed by atoms with E-state index in [9.17, 15) is 13.6 Å². The molecule has 1 amide bonds. The van der Waals surface area contributed by atoms with Crippen LogP contribution in [0, 0.1) is 0 Å². The molecule has 1 aliphatic rings. The minimum Gasteiger partial charge on any atom is -0.444 e. The summed E-state index contributed by atoms with van der Waals surface area (Å²) in [5, 5.41) is 0. The highest BCUT2D eigenvalue weighted by Crippen LogP contribution is 2.29. The molecular formula is C15H19F2NO3. The Bertz CT molecular complexity index is 491. The van der Waals surface area contributed by atoms with E-state index in [1.807, 2.05) is 20.8 Å². The van der Waals surface area contributed by atoms with Crippen LogP contribution in [0.15, 0.2) is 24.3 Å². The second-order valence-electron chi connectivity index (χ2n) is 6.03. The fraction of sp³-hybridized carbons (Fsp3) is 0.533. The van der Waals surface area contributed by atoms with Gasteiger partial charge in [-0.05, 0) is 38.5 Å². The molecule has 1 aliphatic heterocycles. The van der Waals surface area contributed by atoms with Gasteiger partial charge in [-0.1, -0.05) is 12.1 Å². The number of nitrogens with zero attached hydrogens (tertiary/aromatic N) is 1. The van der Waals surface area contributed by atoms with Crippen LogP contribution in [0.25, 0.3) is 0 Å². The Kier molecular flexibility index (Phi) is 4.34. The van der Waals surface area contributed by atoms with E-state index in [0.717, 1.165) is 5.56 Å². The predicted octanol–water partition coefficient (Wildman–Crippen LogP) is 3.62. The van der Waals surface area contributed by atoms with Gasteiger partial charge in [-0.15, -0.1) is 0 Å². The van der Waals surface area contributed by atoms with Crippen molar-refractivity contribution in [3.05, 3.63) is 29.8 Å². The van der Waals surface area contributed by atoms with Gasteiger partial charge in [0.25, 0.3) is 0 Å². The van der Waals surface area contributed by atoms with Crippen molar-refractivity contribution in [2.45, 2.75) is 38.9 Å². The third kappa shape index (κ3) is 4.31. The van der Waals surface area contributed by atoms with Crippen LogP contribution >= 0.6 is 0 Å². The fourth-order valence-electron chi connectivity index (χ4n) is 2.09. The van der Waals surface area contributed by atoms with Crippen LogP contribution in [0.4, 0.5) is 13.6 Å². The summed E-state index contributed by atoms with van der Waals surface area (Å²) in [6, 6.07) is 6.51. The molecule has 21 heavy (non-hydrogen) atoms. The second kappa shape index (κ2) is 5.87. The SMILES string of the molecule is CC(C)(C)OC(=O)N1CC(c2ccc(OC(F)F)cc2)C1. The number of amides is 1. The summed E-state index contributed by atoms with van der Waals surface area (Å²) < 4.78 is 33.7. The summed E-state index contributed by atoms with van der Waals surface area (Å²) >= 11 is 0. The van der Waals surface area contributed by atoms with Crippen molar-refractivity contribution < 1.29 is 23.0 Å². The van der Waals surface area contributed by atoms with Gasteiger partial charge in [0.15, 0.2) is 0 Å². The van der Waals surface area contributed by atoms with Crippen molar-refractivity contribution in [3.63, 3.8) is 0 Å². The number of rotatable bonds is 3. The van der Waals surface area contributed by atoms with Crippen molar-refractivity contribution in [2.75, 3.05) is 13.1 Å². The molecule has 0 bridgehead atoms. The van der Waals surface area contributed by atoms with Gasteiger partial charge in [0.2, 0.25) is 0 Å². The van der Waals surface area contributed by atoms with Gasteiger partial charge >= 0.3 is 12.7 Å². The van der Waals surface area contributed by atoms with Crippen molar-refractivity contribution in [1.29, 1.82) is 0 Å². The van der Waals surface area contributed by atoms with Crippen LogP contribution in [-0.2, 0) is 4.74 Å². The summed E-state index contributed by atoms with van der Waals surface area (Å²) in [5.41, 5.74) is 0.493. The van der Waals surface area contributed by atoms with E-state index in [4.69, 9.17) is 4.74 Å². The molecule has 1 saturated heterocycles. The molecule has 0 radical (unpaired) electrons. The minimum atomic E-state index is -2.82. The first-order valence-corrected chi connectivity index (χ1v) is 6.77. The molecule has 0 spiro atoms. The zero-order valence-electron chi connectivity index (χ0n) is 12.3. The lowest BCUT2D eigenvalue weighted by Crippen LogP contribution is -2.50. The number of benzene rings is 1. The molecule has 0 atom stereocenters. The van der Waals surface area contributed by atoms with E-state index in [-0.39, 0.29) is 17.8 Å². The van der Waals surface area contributed by atoms with E-state index in [0.29, 0.717) is 13.1 Å². The molecular weight excluding hydrogens is 280 g/mol. The van der Waals surface area contributed by atoms with Crippen LogP contribution in [0.5, 0.6) is 5.75 Å². The lowest BCUT2D eigenvalue weighted by Gasteiger charge is -2.40. The van der Waals surface area contributed by atoms with E-state index in [1.165, 1.54) is 12.1 Å². The van der Waals surface area contributed by atoms with Crippen LogP contribution in [-0.4, -0.2) is 36.3 Å². The Morgan fingerprint density at radius 1 is 1.24 bits per heavy atom. The van der Waals surface area contributed by atoms with E-state index in [1.54, 1.807) is 17.0 Å². The molecule has 116 valence electrons. The van der Waals surface area contributed by atoms with Crippen molar-refractivity contribution in [2.24, 2.45) is 0 Å². The third-order valence-corrected chi connectivity index (χ3v) is 3.11. The summed E-state index contributed by atoms with van der Waals surface area (Å²) in [6.45, 7) is 3.80. The average Bonchev–Trinajstić information content (AvgIpc) is 2.26. The summed E-state index contributed by atoms with van der Waals surface area (Å²) in [5.74, 6) is 0.343. The molecule has 1 heterocycles. The molecule has 4 nitrogen and oxygen atoms in total. The monoisotopic (exact) mass is 299 g/mol. The van der Waals surface area contributed by atoms with Crippen LogP contribution in [0.2, 0.25) is 0 Å². The van der Waals surface area contributed by atoms with Crippen LogP contribution in [0.3, 0.4) is 0 Å². The maximum Gasteiger partial charge on any atom is 0.410 e. The van der Waals surface area contributed by atoms with Crippen molar-refractivity contribution >= 4 is 6.09 Å². The molecule has 0 aromatic heterocycles. The van der Waals surface area contributed by atoms with Gasteiger partial charge in [-0.25, -0.2) is 4.79 Å². The zero-order chi connectivity index (χ0) is 15.6. The van der Waals surface area contributed by atoms with Gasteiger partial charge < -0.3 is 14.4 Å². The van der Waals surface area contributed by atoms with E-state index >= 15 is 0 Å².